The summed E-state index contributed by atoms with van der Waals surface area (Å²) in [7, 11) is -1.26. The summed E-state index contributed by atoms with van der Waals surface area (Å²) in [5.74, 6) is -0.495. The summed E-state index contributed by atoms with van der Waals surface area (Å²) in [5, 5.41) is 8.15. The van der Waals surface area contributed by atoms with Gasteiger partial charge in [-0.2, -0.15) is 0 Å². The minimum Gasteiger partial charge on any atom is -0.480 e. The third-order valence-corrected chi connectivity index (χ3v) is 4.48. The molecule has 1 N–H and O–H groups in total. The zero-order valence-corrected chi connectivity index (χ0v) is 10.8. The summed E-state index contributed by atoms with van der Waals surface area (Å²) >= 11 is 0. The Kier molecular flexibility index (Phi) is 5.91. The van der Waals surface area contributed by atoms with E-state index in [0.717, 1.165) is 12.8 Å². The number of hydrogen-bond acceptors (Lipinski definition) is 2. The molecule has 0 spiro atoms. The van der Waals surface area contributed by atoms with Gasteiger partial charge in [-0.05, 0) is 24.8 Å². The fourth-order valence-corrected chi connectivity index (χ4v) is 2.99. The van der Waals surface area contributed by atoms with Crippen LogP contribution in [-0.4, -0.2) is 26.3 Å². The van der Waals surface area contributed by atoms with Crippen LogP contribution < -0.4 is 0 Å². The molecule has 94 valence electrons. The summed E-state index contributed by atoms with van der Waals surface area (Å²) in [6.07, 6.45) is 2.04. The van der Waals surface area contributed by atoms with Gasteiger partial charge in [0.2, 0.25) is 0 Å². The molecule has 0 aliphatic rings. The molecule has 0 saturated heterocycles. The van der Waals surface area contributed by atoms with Crippen molar-refractivity contribution < 1.29 is 14.1 Å². The monoisotopic (exact) mass is 254 g/mol. The summed E-state index contributed by atoms with van der Waals surface area (Å²) in [6.45, 7) is 1.76. The first kappa shape index (κ1) is 13.9. The summed E-state index contributed by atoms with van der Waals surface area (Å²) in [5.41, 5.74) is 1.20. The number of aliphatic carboxylic acids is 1. The van der Waals surface area contributed by atoms with Crippen molar-refractivity contribution in [2.75, 3.05) is 5.75 Å². The second-order valence-electron chi connectivity index (χ2n) is 3.91. The molecule has 1 aromatic rings. The van der Waals surface area contributed by atoms with Gasteiger partial charge in [-0.15, -0.1) is 0 Å². The molecular formula is C13H18O3S. The standard InChI is InChI=1S/C13H18O3S/c1-2-12(13(14)15)17(16)10-6-9-11-7-4-3-5-8-11/h3-5,7-8,12H,2,6,9-10H2,1H3,(H,14,15). The first-order valence-corrected chi connectivity index (χ1v) is 7.17. The van der Waals surface area contributed by atoms with E-state index in [1.54, 1.807) is 6.92 Å². The van der Waals surface area contributed by atoms with E-state index in [-0.39, 0.29) is 0 Å². The molecule has 0 aromatic heterocycles. The number of hydrogen-bond donors (Lipinski definition) is 1. The van der Waals surface area contributed by atoms with Crippen molar-refractivity contribution in [1.82, 2.24) is 0 Å². The fraction of sp³-hybridized carbons (Fsp3) is 0.462. The van der Waals surface area contributed by atoms with Crippen LogP contribution in [-0.2, 0) is 22.0 Å². The van der Waals surface area contributed by atoms with E-state index in [0.29, 0.717) is 12.2 Å². The van der Waals surface area contributed by atoms with Crippen LogP contribution in [0.15, 0.2) is 30.3 Å². The van der Waals surface area contributed by atoms with Gasteiger partial charge in [-0.25, -0.2) is 0 Å². The third kappa shape index (κ3) is 4.69. The van der Waals surface area contributed by atoms with Gasteiger partial charge in [-0.3, -0.25) is 9.00 Å². The maximum Gasteiger partial charge on any atom is 0.319 e. The first-order chi connectivity index (χ1) is 8.15. The summed E-state index contributed by atoms with van der Waals surface area (Å²) in [4.78, 5) is 10.8. The van der Waals surface area contributed by atoms with E-state index in [1.165, 1.54) is 5.56 Å². The second-order valence-corrected chi connectivity index (χ2v) is 5.65. The third-order valence-electron chi connectivity index (χ3n) is 2.62. The summed E-state index contributed by atoms with van der Waals surface area (Å²) in [6, 6.07) is 9.95. The minimum atomic E-state index is -1.26. The van der Waals surface area contributed by atoms with Crippen molar-refractivity contribution in [2.24, 2.45) is 0 Å². The number of carboxylic acids is 1. The van der Waals surface area contributed by atoms with Gasteiger partial charge < -0.3 is 5.11 Å². The topological polar surface area (TPSA) is 54.4 Å². The van der Waals surface area contributed by atoms with Gasteiger partial charge in [0.15, 0.2) is 0 Å². The van der Waals surface area contributed by atoms with Crippen LogP contribution in [0.25, 0.3) is 0 Å². The number of aryl methyl sites for hydroxylation is 1. The number of rotatable bonds is 7. The fourth-order valence-electron chi connectivity index (χ4n) is 1.68. The Hall–Kier alpha value is -1.16. The Balaban J connectivity index is 2.36. The smallest absolute Gasteiger partial charge is 0.319 e. The van der Waals surface area contributed by atoms with Crippen LogP contribution in [0.5, 0.6) is 0 Å². The molecule has 3 nitrogen and oxygen atoms in total. The van der Waals surface area contributed by atoms with Crippen LogP contribution >= 0.6 is 0 Å². The van der Waals surface area contributed by atoms with Crippen LogP contribution in [0, 0.1) is 0 Å². The van der Waals surface area contributed by atoms with Crippen molar-refractivity contribution in [3.8, 4) is 0 Å². The van der Waals surface area contributed by atoms with Crippen LogP contribution in [0.4, 0.5) is 0 Å². The highest BCUT2D eigenvalue weighted by Gasteiger charge is 2.21. The lowest BCUT2D eigenvalue weighted by Gasteiger charge is -2.09. The van der Waals surface area contributed by atoms with Gasteiger partial charge >= 0.3 is 5.97 Å². The van der Waals surface area contributed by atoms with Gasteiger partial charge in [0.05, 0.1) is 0 Å². The molecule has 4 heteroatoms. The normalized spacial score (nSPS) is 14.2. The highest BCUT2D eigenvalue weighted by atomic mass is 32.2. The average molecular weight is 254 g/mol. The molecule has 2 unspecified atom stereocenters. The zero-order valence-electron chi connectivity index (χ0n) is 9.96. The first-order valence-electron chi connectivity index (χ1n) is 5.79. The average Bonchev–Trinajstić information content (AvgIpc) is 2.30. The van der Waals surface area contributed by atoms with Crippen LogP contribution in [0.1, 0.15) is 25.3 Å². The number of carbonyl (C=O) groups is 1. The van der Waals surface area contributed by atoms with E-state index in [1.807, 2.05) is 30.3 Å². The maximum atomic E-state index is 11.7. The van der Waals surface area contributed by atoms with Crippen molar-refractivity contribution in [2.45, 2.75) is 31.4 Å². The quantitative estimate of drug-likeness (QED) is 0.811. The minimum absolute atomic E-state index is 0.424. The molecule has 0 heterocycles. The Morgan fingerprint density at radius 1 is 1.35 bits per heavy atom. The van der Waals surface area contributed by atoms with Crippen LogP contribution in [0.2, 0.25) is 0 Å². The second kappa shape index (κ2) is 7.22. The largest absolute Gasteiger partial charge is 0.480 e. The Bertz CT molecular complexity index is 376. The van der Waals surface area contributed by atoms with E-state index < -0.39 is 22.0 Å². The molecule has 17 heavy (non-hydrogen) atoms. The molecule has 2 atom stereocenters. The molecule has 1 rings (SSSR count). The number of benzene rings is 1. The Labute approximate surface area is 104 Å². The van der Waals surface area contributed by atoms with E-state index in [4.69, 9.17) is 5.11 Å². The highest BCUT2D eigenvalue weighted by Crippen LogP contribution is 2.07. The highest BCUT2D eigenvalue weighted by molar-refractivity contribution is 7.86. The molecule has 0 amide bonds. The van der Waals surface area contributed by atoms with E-state index in [9.17, 15) is 9.00 Å². The lowest BCUT2D eigenvalue weighted by Crippen LogP contribution is -2.26. The SMILES string of the molecule is CCC(C(=O)O)S(=O)CCCc1ccccc1. The van der Waals surface area contributed by atoms with Crippen molar-refractivity contribution in [3.05, 3.63) is 35.9 Å². The maximum absolute atomic E-state index is 11.7. The van der Waals surface area contributed by atoms with E-state index in [2.05, 4.69) is 0 Å². The molecule has 0 saturated carbocycles. The zero-order chi connectivity index (χ0) is 12.7. The van der Waals surface area contributed by atoms with Crippen molar-refractivity contribution in [1.29, 1.82) is 0 Å². The lowest BCUT2D eigenvalue weighted by atomic mass is 10.1. The van der Waals surface area contributed by atoms with Gasteiger partial charge in [-0.1, -0.05) is 37.3 Å². The van der Waals surface area contributed by atoms with Crippen molar-refractivity contribution >= 4 is 16.8 Å². The molecule has 0 aliphatic carbocycles. The Morgan fingerprint density at radius 3 is 2.53 bits per heavy atom. The summed E-state index contributed by atoms with van der Waals surface area (Å²) < 4.78 is 11.7. The molecule has 1 aromatic carbocycles. The molecule has 0 aliphatic heterocycles. The van der Waals surface area contributed by atoms with Gasteiger partial charge in [0, 0.05) is 16.6 Å². The van der Waals surface area contributed by atoms with E-state index >= 15 is 0 Å². The lowest BCUT2D eigenvalue weighted by molar-refractivity contribution is -0.136. The van der Waals surface area contributed by atoms with Gasteiger partial charge in [0.25, 0.3) is 0 Å². The van der Waals surface area contributed by atoms with Crippen LogP contribution in [0.3, 0.4) is 0 Å². The number of carboxylic acid groups (broad SMARTS) is 1. The van der Waals surface area contributed by atoms with Crippen molar-refractivity contribution in [3.63, 3.8) is 0 Å². The Morgan fingerprint density at radius 2 is 2.00 bits per heavy atom. The predicted molar refractivity (Wildman–Crippen MR) is 69.5 cm³/mol. The van der Waals surface area contributed by atoms with Gasteiger partial charge in [0.1, 0.15) is 5.25 Å². The predicted octanol–water partition coefficient (Wildman–Crippen LogP) is 2.23. The molecule has 0 bridgehead atoms. The molecular weight excluding hydrogens is 236 g/mol. The molecule has 0 fully saturated rings. The molecule has 0 radical (unpaired) electrons.